The van der Waals surface area contributed by atoms with Crippen LogP contribution in [0.1, 0.15) is 0 Å². The van der Waals surface area contributed by atoms with Gasteiger partial charge in [0.1, 0.15) is 5.38 Å². The van der Waals surface area contributed by atoms with E-state index in [-0.39, 0.29) is 5.38 Å². The molecule has 78 valence electrons. The average Bonchev–Trinajstić information content (AvgIpc) is 2.27. The van der Waals surface area contributed by atoms with Crippen molar-refractivity contribution >= 4 is 23.2 Å². The molecule has 0 aromatic carbocycles. The molecule has 0 aliphatic carbocycles. The van der Waals surface area contributed by atoms with Crippen molar-refractivity contribution in [3.05, 3.63) is 0 Å². The molecule has 0 amide bonds. The first-order valence-corrected chi connectivity index (χ1v) is 5.93. The van der Waals surface area contributed by atoms with Crippen molar-refractivity contribution in [1.29, 1.82) is 0 Å². The number of fused-ring (bicyclic) bond motifs is 3. The number of alkyl halides is 2. The first-order valence-electron chi connectivity index (χ1n) is 4.96. The molecule has 3 fully saturated rings. The summed E-state index contributed by atoms with van der Waals surface area (Å²) in [6.45, 7) is 5.70. The van der Waals surface area contributed by atoms with Crippen LogP contribution in [0.2, 0.25) is 0 Å². The molecule has 0 aromatic heterocycles. The Balaban J connectivity index is 1.97. The fourth-order valence-corrected chi connectivity index (χ4v) is 2.56. The summed E-state index contributed by atoms with van der Waals surface area (Å²) < 4.78 is 0. The van der Waals surface area contributed by atoms with Gasteiger partial charge in [-0.1, -0.05) is 11.8 Å². The summed E-state index contributed by atoms with van der Waals surface area (Å²) >= 11 is 11.7. The van der Waals surface area contributed by atoms with Gasteiger partial charge in [0, 0.05) is 38.8 Å². The normalized spacial score (nSPS) is 37.4. The van der Waals surface area contributed by atoms with E-state index in [9.17, 15) is 0 Å². The first-order chi connectivity index (χ1) is 6.81. The monoisotopic (exact) mass is 232 g/mol. The molecule has 4 heteroatoms. The van der Waals surface area contributed by atoms with E-state index in [4.69, 9.17) is 23.2 Å². The lowest BCUT2D eigenvalue weighted by Gasteiger charge is -2.48. The smallest absolute Gasteiger partial charge is 0.111 e. The highest BCUT2D eigenvalue weighted by Crippen LogP contribution is 2.20. The Bertz CT molecular complexity index is 251. The molecule has 2 nitrogen and oxygen atoms in total. The maximum absolute atomic E-state index is 6.23. The summed E-state index contributed by atoms with van der Waals surface area (Å²) in [7, 11) is 0. The molecule has 0 aromatic rings. The predicted molar refractivity (Wildman–Crippen MR) is 59.9 cm³/mol. The zero-order chi connectivity index (χ0) is 9.97. The second-order valence-corrected chi connectivity index (χ2v) is 4.50. The fraction of sp³-hybridized carbons (Fsp3) is 0.800. The Morgan fingerprint density at radius 2 is 2.00 bits per heavy atom. The molecule has 0 spiro atoms. The third kappa shape index (κ3) is 2.17. The van der Waals surface area contributed by atoms with Gasteiger partial charge in [0.15, 0.2) is 0 Å². The highest BCUT2D eigenvalue weighted by Gasteiger charge is 2.35. The molecular weight excluding hydrogens is 219 g/mol. The minimum absolute atomic E-state index is 0.0724. The number of nitrogens with zero attached hydrogens (tertiary/aromatic N) is 2. The SMILES string of the molecule is ClCC#CC(Cl)C1CN2CCN1CC2. The summed E-state index contributed by atoms with van der Waals surface area (Å²) in [5.41, 5.74) is 0. The Kier molecular flexibility index (Phi) is 3.57. The van der Waals surface area contributed by atoms with Crippen LogP contribution in [0.5, 0.6) is 0 Å². The van der Waals surface area contributed by atoms with E-state index < -0.39 is 0 Å². The van der Waals surface area contributed by atoms with Gasteiger partial charge in [0.2, 0.25) is 0 Å². The number of hydrogen-bond donors (Lipinski definition) is 0. The van der Waals surface area contributed by atoms with Crippen molar-refractivity contribution in [3.8, 4) is 11.8 Å². The minimum Gasteiger partial charge on any atom is -0.299 e. The number of piperazine rings is 3. The average molecular weight is 233 g/mol. The van der Waals surface area contributed by atoms with E-state index in [0.717, 1.165) is 19.6 Å². The Morgan fingerprint density at radius 1 is 1.29 bits per heavy atom. The van der Waals surface area contributed by atoms with E-state index in [0.29, 0.717) is 11.9 Å². The van der Waals surface area contributed by atoms with Gasteiger partial charge in [-0.15, -0.1) is 23.2 Å². The molecule has 0 radical (unpaired) electrons. The van der Waals surface area contributed by atoms with Crippen LogP contribution in [0.15, 0.2) is 0 Å². The van der Waals surface area contributed by atoms with Crippen LogP contribution in [-0.2, 0) is 0 Å². The zero-order valence-electron chi connectivity index (χ0n) is 8.05. The third-order valence-corrected chi connectivity index (χ3v) is 3.50. The lowest BCUT2D eigenvalue weighted by Crippen LogP contribution is -2.63. The topological polar surface area (TPSA) is 6.48 Å². The quantitative estimate of drug-likeness (QED) is 0.489. The largest absolute Gasteiger partial charge is 0.299 e. The van der Waals surface area contributed by atoms with Crippen LogP contribution in [-0.4, -0.2) is 59.8 Å². The lowest BCUT2D eigenvalue weighted by molar-refractivity contribution is 0.0169. The van der Waals surface area contributed by atoms with Crippen LogP contribution in [0.25, 0.3) is 0 Å². The van der Waals surface area contributed by atoms with Gasteiger partial charge in [-0.05, 0) is 0 Å². The molecule has 2 bridgehead atoms. The minimum atomic E-state index is -0.0724. The van der Waals surface area contributed by atoms with Gasteiger partial charge in [-0.2, -0.15) is 0 Å². The summed E-state index contributed by atoms with van der Waals surface area (Å²) in [6.07, 6.45) is 0. The van der Waals surface area contributed by atoms with Gasteiger partial charge in [-0.25, -0.2) is 0 Å². The molecule has 14 heavy (non-hydrogen) atoms. The van der Waals surface area contributed by atoms with E-state index in [1.807, 2.05) is 0 Å². The molecule has 2 atom stereocenters. The van der Waals surface area contributed by atoms with Crippen LogP contribution in [0, 0.1) is 11.8 Å². The highest BCUT2D eigenvalue weighted by atomic mass is 35.5. The molecule has 3 saturated heterocycles. The zero-order valence-corrected chi connectivity index (χ0v) is 9.56. The summed E-state index contributed by atoms with van der Waals surface area (Å²) in [5, 5.41) is -0.0724. The molecule has 3 rings (SSSR count). The van der Waals surface area contributed by atoms with Gasteiger partial charge in [0.05, 0.1) is 5.88 Å². The van der Waals surface area contributed by atoms with Gasteiger partial charge in [-0.3, -0.25) is 9.80 Å². The molecule has 3 aliphatic rings. The fourth-order valence-electron chi connectivity index (χ4n) is 2.17. The number of hydrogen-bond acceptors (Lipinski definition) is 2. The summed E-state index contributed by atoms with van der Waals surface area (Å²) in [5.74, 6) is 6.22. The van der Waals surface area contributed by atoms with Crippen molar-refractivity contribution in [2.24, 2.45) is 0 Å². The second-order valence-electron chi connectivity index (χ2n) is 3.76. The molecule has 3 heterocycles. The third-order valence-electron chi connectivity index (χ3n) is 2.97. The van der Waals surface area contributed by atoms with E-state index in [1.54, 1.807) is 0 Å². The maximum atomic E-state index is 6.23. The summed E-state index contributed by atoms with van der Waals surface area (Å²) in [6, 6.07) is 0.398. The van der Waals surface area contributed by atoms with Crippen LogP contribution >= 0.6 is 23.2 Å². The van der Waals surface area contributed by atoms with E-state index in [1.165, 1.54) is 13.1 Å². The van der Waals surface area contributed by atoms with Gasteiger partial charge >= 0.3 is 0 Å². The van der Waals surface area contributed by atoms with Crippen LogP contribution in [0.4, 0.5) is 0 Å². The molecule has 2 unspecified atom stereocenters. The first kappa shape index (κ1) is 10.6. The predicted octanol–water partition coefficient (Wildman–Crippen LogP) is 0.836. The lowest BCUT2D eigenvalue weighted by atomic mass is 10.0. The number of halogens is 2. The summed E-state index contributed by atoms with van der Waals surface area (Å²) in [4.78, 5) is 4.91. The molecule has 3 aliphatic heterocycles. The van der Waals surface area contributed by atoms with Crippen molar-refractivity contribution in [2.75, 3.05) is 38.6 Å². The molecule has 0 saturated carbocycles. The van der Waals surface area contributed by atoms with Crippen molar-refractivity contribution in [3.63, 3.8) is 0 Å². The Hall–Kier alpha value is 0.0600. The standard InChI is InChI=1S/C10H14Cl2N2/c11-3-1-2-9(12)10-8-13-4-6-14(10)7-5-13/h9-10H,3-8H2. The van der Waals surface area contributed by atoms with E-state index >= 15 is 0 Å². The van der Waals surface area contributed by atoms with Crippen LogP contribution < -0.4 is 0 Å². The highest BCUT2D eigenvalue weighted by molar-refractivity contribution is 6.23. The second kappa shape index (κ2) is 4.72. The molecular formula is C10H14Cl2N2. The Morgan fingerprint density at radius 3 is 2.50 bits per heavy atom. The van der Waals surface area contributed by atoms with Crippen molar-refractivity contribution in [2.45, 2.75) is 11.4 Å². The van der Waals surface area contributed by atoms with Crippen molar-refractivity contribution in [1.82, 2.24) is 9.80 Å². The molecule has 0 N–H and O–H groups in total. The van der Waals surface area contributed by atoms with Crippen molar-refractivity contribution < 1.29 is 0 Å². The van der Waals surface area contributed by atoms with Crippen LogP contribution in [0.3, 0.4) is 0 Å². The number of rotatable bonds is 1. The van der Waals surface area contributed by atoms with E-state index in [2.05, 4.69) is 21.6 Å². The Labute approximate surface area is 95.1 Å². The maximum Gasteiger partial charge on any atom is 0.111 e. The van der Waals surface area contributed by atoms with Gasteiger partial charge in [0.25, 0.3) is 0 Å². The van der Waals surface area contributed by atoms with Gasteiger partial charge < -0.3 is 0 Å².